The van der Waals surface area contributed by atoms with Crippen molar-refractivity contribution in [3.63, 3.8) is 0 Å². The Morgan fingerprint density at radius 1 is 1.30 bits per heavy atom. The molecule has 0 saturated carbocycles. The van der Waals surface area contributed by atoms with Crippen LogP contribution < -0.4 is 4.72 Å². The summed E-state index contributed by atoms with van der Waals surface area (Å²) in [6.07, 6.45) is 4.03. The van der Waals surface area contributed by atoms with Gasteiger partial charge < -0.3 is 0 Å². The van der Waals surface area contributed by atoms with Crippen molar-refractivity contribution in [1.82, 2.24) is 4.72 Å². The average Bonchev–Trinajstić information content (AvgIpc) is 2.54. The van der Waals surface area contributed by atoms with Crippen LogP contribution in [0.5, 0.6) is 0 Å². The van der Waals surface area contributed by atoms with Crippen LogP contribution in [0.1, 0.15) is 23.1 Å². The highest BCUT2D eigenvalue weighted by molar-refractivity contribution is 7.89. The normalized spacial score (nSPS) is 17.5. The van der Waals surface area contributed by atoms with Crippen molar-refractivity contribution in [2.75, 3.05) is 0 Å². The maximum Gasteiger partial charge on any atom is 0.240 e. The van der Waals surface area contributed by atoms with Gasteiger partial charge >= 0.3 is 0 Å². The van der Waals surface area contributed by atoms with Crippen LogP contribution in [0, 0.1) is 6.07 Å². The highest BCUT2D eigenvalue weighted by Gasteiger charge is 2.24. The lowest BCUT2D eigenvalue weighted by Gasteiger charge is -2.25. The van der Waals surface area contributed by atoms with Crippen molar-refractivity contribution in [2.24, 2.45) is 0 Å². The van der Waals surface area contributed by atoms with Crippen LogP contribution in [0.4, 0.5) is 0 Å². The lowest BCUT2D eigenvalue weighted by Crippen LogP contribution is -2.38. The Balaban J connectivity index is 1.78. The molecule has 5 heteroatoms. The summed E-state index contributed by atoms with van der Waals surface area (Å²) in [5, 5.41) is 0.517. The van der Waals surface area contributed by atoms with Gasteiger partial charge in [0, 0.05) is 11.1 Å². The monoisotopic (exact) mass is 346 g/mol. The summed E-state index contributed by atoms with van der Waals surface area (Å²) in [7, 11) is -3.53. The van der Waals surface area contributed by atoms with E-state index in [-0.39, 0.29) is 10.9 Å². The molecule has 0 heterocycles. The number of benzene rings is 2. The van der Waals surface area contributed by atoms with Gasteiger partial charge in [-0.15, -0.1) is 0 Å². The third kappa shape index (κ3) is 3.66. The number of sulfonamides is 1. The van der Waals surface area contributed by atoms with Gasteiger partial charge in [-0.25, -0.2) is 13.1 Å². The Labute approximate surface area is 142 Å². The highest BCUT2D eigenvalue weighted by Crippen LogP contribution is 2.24. The van der Waals surface area contributed by atoms with Gasteiger partial charge in [-0.05, 0) is 72.4 Å². The van der Waals surface area contributed by atoms with E-state index in [9.17, 15) is 8.42 Å². The summed E-state index contributed by atoms with van der Waals surface area (Å²) in [6.45, 7) is 3.76. The Bertz CT molecular complexity index is 829. The maximum absolute atomic E-state index is 12.5. The van der Waals surface area contributed by atoms with Crippen molar-refractivity contribution in [3.8, 4) is 0 Å². The van der Waals surface area contributed by atoms with E-state index in [2.05, 4.69) is 23.4 Å². The second-order valence-electron chi connectivity index (χ2n) is 5.66. The van der Waals surface area contributed by atoms with E-state index >= 15 is 0 Å². The van der Waals surface area contributed by atoms with E-state index in [0.29, 0.717) is 11.4 Å². The van der Waals surface area contributed by atoms with Gasteiger partial charge in [-0.3, -0.25) is 0 Å². The maximum atomic E-state index is 12.5. The molecule has 119 valence electrons. The quantitative estimate of drug-likeness (QED) is 0.919. The lowest BCUT2D eigenvalue weighted by atomic mass is 9.88. The predicted octanol–water partition coefficient (Wildman–Crippen LogP) is 3.62. The molecule has 1 aliphatic rings. The number of hydrogen-bond acceptors (Lipinski definition) is 2. The zero-order valence-electron chi connectivity index (χ0n) is 12.5. The van der Waals surface area contributed by atoms with Crippen LogP contribution in [0.15, 0.2) is 47.9 Å². The molecule has 23 heavy (non-hydrogen) atoms. The molecule has 0 spiro atoms. The second-order valence-corrected chi connectivity index (χ2v) is 7.81. The zero-order chi connectivity index (χ0) is 16.4. The molecule has 3 nitrogen and oxygen atoms in total. The first kappa shape index (κ1) is 16.2. The van der Waals surface area contributed by atoms with Crippen molar-refractivity contribution >= 4 is 27.7 Å². The summed E-state index contributed by atoms with van der Waals surface area (Å²) in [5.41, 5.74) is 3.31. The molecular weight excluding hydrogens is 330 g/mol. The van der Waals surface area contributed by atoms with Crippen LogP contribution in [0.25, 0.3) is 6.08 Å². The number of fused-ring (bicyclic) bond motifs is 1. The topological polar surface area (TPSA) is 46.2 Å². The Morgan fingerprint density at radius 2 is 2.04 bits per heavy atom. The summed E-state index contributed by atoms with van der Waals surface area (Å²) < 4.78 is 27.7. The number of aryl methyl sites for hydroxylation is 1. The number of hydrogen-bond donors (Lipinski definition) is 1. The minimum Gasteiger partial charge on any atom is -0.208 e. The van der Waals surface area contributed by atoms with Gasteiger partial charge in [0.1, 0.15) is 0 Å². The van der Waals surface area contributed by atoms with E-state index in [1.807, 2.05) is 6.07 Å². The van der Waals surface area contributed by atoms with Crippen molar-refractivity contribution in [1.29, 1.82) is 0 Å². The molecule has 0 amide bonds. The van der Waals surface area contributed by atoms with Crippen LogP contribution in [-0.4, -0.2) is 14.5 Å². The molecule has 0 saturated heterocycles. The molecule has 1 unspecified atom stereocenters. The number of rotatable bonds is 4. The largest absolute Gasteiger partial charge is 0.240 e. The van der Waals surface area contributed by atoms with Crippen LogP contribution >= 0.6 is 11.6 Å². The summed E-state index contributed by atoms with van der Waals surface area (Å²) >= 11 is 5.81. The third-order valence-corrected chi connectivity index (χ3v) is 5.82. The molecule has 1 atom stereocenters. The fraction of sp³-hybridized carbons (Fsp3) is 0.222. The highest BCUT2D eigenvalue weighted by atomic mass is 35.5. The molecular formula is C18H17ClNO2S. The molecule has 3 rings (SSSR count). The molecule has 1 radical (unpaired) electrons. The van der Waals surface area contributed by atoms with Gasteiger partial charge in [0.25, 0.3) is 0 Å². The first-order valence-electron chi connectivity index (χ1n) is 7.42. The first-order valence-corrected chi connectivity index (χ1v) is 9.28. The van der Waals surface area contributed by atoms with Gasteiger partial charge in [0.2, 0.25) is 10.0 Å². The van der Waals surface area contributed by atoms with E-state index in [1.54, 1.807) is 18.2 Å². The fourth-order valence-electron chi connectivity index (χ4n) is 2.81. The molecule has 2 aromatic carbocycles. The van der Waals surface area contributed by atoms with E-state index in [0.717, 1.165) is 29.5 Å². The van der Waals surface area contributed by atoms with Gasteiger partial charge in [0.15, 0.2) is 0 Å². The predicted molar refractivity (Wildman–Crippen MR) is 93.0 cm³/mol. The fourth-order valence-corrected chi connectivity index (χ4v) is 4.21. The molecule has 1 N–H and O–H groups in total. The Kier molecular flexibility index (Phi) is 4.57. The smallest absolute Gasteiger partial charge is 0.208 e. The van der Waals surface area contributed by atoms with Crippen LogP contribution in [-0.2, 0) is 22.9 Å². The first-order chi connectivity index (χ1) is 11.0. The van der Waals surface area contributed by atoms with Crippen molar-refractivity contribution in [2.45, 2.75) is 30.2 Å². The summed E-state index contributed by atoms with van der Waals surface area (Å²) in [6, 6.07) is 13.3. The number of nitrogens with one attached hydrogen (secondary N) is 1. The molecule has 2 aromatic rings. The van der Waals surface area contributed by atoms with E-state index < -0.39 is 10.0 Å². The molecule has 1 aliphatic carbocycles. The average molecular weight is 347 g/mol. The third-order valence-electron chi connectivity index (χ3n) is 4.03. The Morgan fingerprint density at radius 3 is 2.74 bits per heavy atom. The second kappa shape index (κ2) is 6.48. The van der Waals surface area contributed by atoms with E-state index in [1.165, 1.54) is 12.1 Å². The lowest BCUT2D eigenvalue weighted by molar-refractivity contribution is 0.507. The minimum absolute atomic E-state index is 0.114. The molecule has 0 aromatic heterocycles. The van der Waals surface area contributed by atoms with Crippen LogP contribution in [0.2, 0.25) is 5.02 Å². The zero-order valence-corrected chi connectivity index (χ0v) is 14.1. The van der Waals surface area contributed by atoms with Gasteiger partial charge in [-0.1, -0.05) is 30.3 Å². The molecule has 0 aliphatic heterocycles. The molecule has 0 fully saturated rings. The van der Waals surface area contributed by atoms with Crippen molar-refractivity contribution < 1.29 is 8.42 Å². The van der Waals surface area contributed by atoms with Gasteiger partial charge in [0.05, 0.1) is 4.90 Å². The SMILES string of the molecule is C=Cc1c[c]c2c(c1)CC(NS(=O)(=O)c1ccc(Cl)cc1)CC2. The summed E-state index contributed by atoms with van der Waals surface area (Å²) in [5.74, 6) is 0. The summed E-state index contributed by atoms with van der Waals surface area (Å²) in [4.78, 5) is 0.235. The van der Waals surface area contributed by atoms with E-state index in [4.69, 9.17) is 11.6 Å². The minimum atomic E-state index is -3.53. The Hall–Kier alpha value is -1.62. The number of halogens is 1. The molecule has 0 bridgehead atoms. The van der Waals surface area contributed by atoms with Crippen molar-refractivity contribution in [3.05, 3.63) is 70.8 Å². The van der Waals surface area contributed by atoms with Crippen LogP contribution in [0.3, 0.4) is 0 Å². The standard InChI is InChI=1S/C18H17ClNO2S/c1-2-13-3-4-14-5-8-17(12-15(14)11-13)20-23(21,22)18-9-6-16(19)7-10-18/h2-3,6-7,9-11,17,20H,1,5,8,12H2. The van der Waals surface area contributed by atoms with Gasteiger partial charge in [-0.2, -0.15) is 0 Å².